The Kier molecular flexibility index (Phi) is 12.3. The van der Waals surface area contributed by atoms with Crippen LogP contribution in [0.5, 0.6) is 11.5 Å². The van der Waals surface area contributed by atoms with E-state index in [2.05, 4.69) is 183 Å². The van der Waals surface area contributed by atoms with Crippen LogP contribution in [0.3, 0.4) is 0 Å². The van der Waals surface area contributed by atoms with E-state index in [0.29, 0.717) is 17.3 Å². The minimum atomic E-state index is 0.613. The molecule has 0 bridgehead atoms. The molecule has 12 aromatic rings. The van der Waals surface area contributed by atoms with Crippen molar-refractivity contribution in [3.8, 4) is 123 Å². The van der Waals surface area contributed by atoms with Gasteiger partial charge in [-0.25, -0.2) is 9.97 Å². The summed E-state index contributed by atoms with van der Waals surface area (Å²) < 4.78 is 6.98. The standard InChI is InChI=1S/C67H45N5O/c1-3-19-58(56(17-1)46-26-30-48(31-27-46)63-23-7-10-36-68-63)52-41-53(59-20-4-2-18-57(59)47-28-32-49(33-29-47)64-24-8-11-37-69-64)43-54(42-52)60-21-5-6-22-61(60)62-35-34-51(67-71-39-14-40-72-67)45-66(62)73-55-16-13-15-50(44-55)65-25-9-12-38-70-65/h1-45H. The van der Waals surface area contributed by atoms with Crippen LogP contribution in [0, 0.1) is 0 Å². The summed E-state index contributed by atoms with van der Waals surface area (Å²) in [6, 6.07) is 84.5. The lowest BCUT2D eigenvalue weighted by atomic mass is 9.86. The number of hydrogen-bond donors (Lipinski definition) is 0. The van der Waals surface area contributed by atoms with Gasteiger partial charge >= 0.3 is 0 Å². The predicted octanol–water partition coefficient (Wildman–Crippen LogP) is 17.1. The van der Waals surface area contributed by atoms with Crippen molar-refractivity contribution in [2.24, 2.45) is 0 Å². The summed E-state index contributed by atoms with van der Waals surface area (Å²) in [5, 5.41) is 0. The van der Waals surface area contributed by atoms with Gasteiger partial charge in [0.2, 0.25) is 0 Å². The summed E-state index contributed by atoms with van der Waals surface area (Å²) in [6.07, 6.45) is 9.00. The summed E-state index contributed by atoms with van der Waals surface area (Å²) in [6.45, 7) is 0. The highest BCUT2D eigenvalue weighted by atomic mass is 16.5. The summed E-state index contributed by atoms with van der Waals surface area (Å²) in [4.78, 5) is 23.1. The molecular weight excluding hydrogens is 891 g/mol. The lowest BCUT2D eigenvalue weighted by Crippen LogP contribution is -1.95. The molecular formula is C67H45N5O. The van der Waals surface area contributed by atoms with Gasteiger partial charge in [-0.15, -0.1) is 0 Å². The zero-order valence-corrected chi connectivity index (χ0v) is 39.6. The van der Waals surface area contributed by atoms with Gasteiger partial charge in [0.15, 0.2) is 5.82 Å². The summed E-state index contributed by atoms with van der Waals surface area (Å²) in [7, 11) is 0. The molecule has 0 aliphatic rings. The first-order valence-electron chi connectivity index (χ1n) is 24.3. The number of pyridine rings is 3. The second kappa shape index (κ2) is 20.2. The molecule has 0 amide bonds. The zero-order valence-electron chi connectivity index (χ0n) is 39.6. The molecule has 0 unspecified atom stereocenters. The monoisotopic (exact) mass is 935 g/mol. The van der Waals surface area contributed by atoms with Crippen molar-refractivity contribution >= 4 is 0 Å². The molecule has 0 fully saturated rings. The fourth-order valence-corrected chi connectivity index (χ4v) is 9.54. The molecule has 0 atom stereocenters. The molecule has 0 aliphatic heterocycles. The van der Waals surface area contributed by atoms with Crippen LogP contribution < -0.4 is 4.74 Å². The Morgan fingerprint density at radius 1 is 0.219 bits per heavy atom. The van der Waals surface area contributed by atoms with Crippen LogP contribution in [-0.2, 0) is 0 Å². The maximum absolute atomic E-state index is 6.98. The van der Waals surface area contributed by atoms with Crippen LogP contribution in [0.25, 0.3) is 112 Å². The van der Waals surface area contributed by atoms with Gasteiger partial charge < -0.3 is 4.74 Å². The molecule has 6 heteroatoms. The van der Waals surface area contributed by atoms with Crippen molar-refractivity contribution in [3.63, 3.8) is 0 Å². The highest BCUT2D eigenvalue weighted by Crippen LogP contribution is 2.45. The van der Waals surface area contributed by atoms with Crippen molar-refractivity contribution < 1.29 is 4.74 Å². The van der Waals surface area contributed by atoms with E-state index >= 15 is 0 Å². The molecule has 0 radical (unpaired) electrons. The Morgan fingerprint density at radius 3 is 1.10 bits per heavy atom. The Balaban J connectivity index is 1.02. The van der Waals surface area contributed by atoms with Gasteiger partial charge in [0.1, 0.15) is 11.5 Å². The van der Waals surface area contributed by atoms with Crippen LogP contribution in [-0.4, -0.2) is 24.9 Å². The summed E-state index contributed by atoms with van der Waals surface area (Å²) in [5.74, 6) is 1.97. The number of nitrogens with zero attached hydrogens (tertiary/aromatic N) is 5. The van der Waals surface area contributed by atoms with E-state index in [1.165, 1.54) is 0 Å². The molecule has 73 heavy (non-hydrogen) atoms. The smallest absolute Gasteiger partial charge is 0.159 e. The molecule has 6 nitrogen and oxygen atoms in total. The topological polar surface area (TPSA) is 73.7 Å². The van der Waals surface area contributed by atoms with Crippen molar-refractivity contribution in [1.29, 1.82) is 0 Å². The average Bonchev–Trinajstić information content (AvgIpc) is 3.48. The Bertz CT molecular complexity index is 3700. The fourth-order valence-electron chi connectivity index (χ4n) is 9.54. The third-order valence-corrected chi connectivity index (χ3v) is 13.1. The van der Waals surface area contributed by atoms with Gasteiger partial charge in [-0.1, -0.05) is 158 Å². The van der Waals surface area contributed by atoms with Crippen LogP contribution >= 0.6 is 0 Å². The average molecular weight is 936 g/mol. The second-order valence-corrected chi connectivity index (χ2v) is 17.6. The van der Waals surface area contributed by atoms with Gasteiger partial charge in [0.05, 0.1) is 17.1 Å². The minimum absolute atomic E-state index is 0.613. The Labute approximate surface area is 424 Å². The van der Waals surface area contributed by atoms with Crippen molar-refractivity contribution in [3.05, 3.63) is 274 Å². The first-order chi connectivity index (χ1) is 36.2. The highest BCUT2D eigenvalue weighted by Gasteiger charge is 2.19. The molecule has 344 valence electrons. The highest BCUT2D eigenvalue weighted by molar-refractivity contribution is 5.95. The van der Waals surface area contributed by atoms with Crippen molar-refractivity contribution in [2.75, 3.05) is 0 Å². The van der Waals surface area contributed by atoms with Gasteiger partial charge in [-0.3, -0.25) is 15.0 Å². The van der Waals surface area contributed by atoms with Crippen LogP contribution in [0.2, 0.25) is 0 Å². The van der Waals surface area contributed by atoms with Gasteiger partial charge in [0, 0.05) is 58.8 Å². The largest absolute Gasteiger partial charge is 0.457 e. The normalized spacial score (nSPS) is 11.0. The number of aromatic nitrogens is 5. The summed E-state index contributed by atoms with van der Waals surface area (Å²) in [5.41, 5.74) is 19.7. The maximum Gasteiger partial charge on any atom is 0.159 e. The number of hydrogen-bond acceptors (Lipinski definition) is 6. The molecule has 0 aliphatic carbocycles. The lowest BCUT2D eigenvalue weighted by Gasteiger charge is -2.19. The number of rotatable bonds is 12. The first kappa shape index (κ1) is 44.3. The third kappa shape index (κ3) is 9.44. The maximum atomic E-state index is 6.98. The molecule has 8 aromatic carbocycles. The zero-order chi connectivity index (χ0) is 48.8. The minimum Gasteiger partial charge on any atom is -0.457 e. The van der Waals surface area contributed by atoms with E-state index in [4.69, 9.17) is 4.74 Å². The van der Waals surface area contributed by atoms with Crippen LogP contribution in [0.15, 0.2) is 274 Å². The Hall–Kier alpha value is -9.91. The number of ether oxygens (including phenoxy) is 1. The SMILES string of the molecule is c1ccc(-c2ccc(-c3ccccc3-c3cc(-c4ccccc4-c4ccc(-c5ccccn5)cc4)cc(-c4ccccc4-c4ccc(-c5ncccn5)cc4Oc4cccc(-c5ccccn5)c4)c3)cc2)nc1. The molecule has 0 saturated carbocycles. The van der Waals surface area contributed by atoms with Crippen molar-refractivity contribution in [1.82, 2.24) is 24.9 Å². The third-order valence-electron chi connectivity index (χ3n) is 13.1. The van der Waals surface area contributed by atoms with E-state index in [-0.39, 0.29) is 0 Å². The van der Waals surface area contributed by atoms with E-state index in [0.717, 1.165) is 106 Å². The van der Waals surface area contributed by atoms with E-state index in [1.807, 2.05) is 97.3 Å². The van der Waals surface area contributed by atoms with Crippen LogP contribution in [0.1, 0.15) is 0 Å². The quantitative estimate of drug-likeness (QED) is 0.121. The van der Waals surface area contributed by atoms with E-state index in [9.17, 15) is 0 Å². The molecule has 4 heterocycles. The van der Waals surface area contributed by atoms with Crippen molar-refractivity contribution in [2.45, 2.75) is 0 Å². The lowest BCUT2D eigenvalue weighted by molar-refractivity contribution is 0.485. The second-order valence-electron chi connectivity index (χ2n) is 17.6. The molecule has 12 rings (SSSR count). The van der Waals surface area contributed by atoms with Gasteiger partial charge in [-0.05, 0) is 146 Å². The number of benzene rings is 8. The van der Waals surface area contributed by atoms with Gasteiger partial charge in [0.25, 0.3) is 0 Å². The van der Waals surface area contributed by atoms with E-state index in [1.54, 1.807) is 18.6 Å². The summed E-state index contributed by atoms with van der Waals surface area (Å²) >= 11 is 0. The van der Waals surface area contributed by atoms with E-state index < -0.39 is 0 Å². The first-order valence-corrected chi connectivity index (χ1v) is 24.3. The predicted molar refractivity (Wildman–Crippen MR) is 296 cm³/mol. The molecule has 0 N–H and O–H groups in total. The van der Waals surface area contributed by atoms with Crippen LogP contribution in [0.4, 0.5) is 0 Å². The molecule has 0 saturated heterocycles. The molecule has 0 spiro atoms. The fraction of sp³-hybridized carbons (Fsp3) is 0. The Morgan fingerprint density at radius 2 is 0.616 bits per heavy atom. The molecule has 4 aromatic heterocycles. The van der Waals surface area contributed by atoms with Gasteiger partial charge in [-0.2, -0.15) is 0 Å².